The second kappa shape index (κ2) is 7.03. The summed E-state index contributed by atoms with van der Waals surface area (Å²) in [5.74, 6) is 1.74. The molecule has 0 amide bonds. The van der Waals surface area contributed by atoms with E-state index in [2.05, 4.69) is 27.2 Å². The van der Waals surface area contributed by atoms with E-state index in [9.17, 15) is 5.11 Å². The Morgan fingerprint density at radius 2 is 2.18 bits per heavy atom. The van der Waals surface area contributed by atoms with Crippen LogP contribution in [0.5, 0.6) is 0 Å². The average Bonchev–Trinajstić information content (AvgIpc) is 2.95. The van der Waals surface area contributed by atoms with E-state index in [0.29, 0.717) is 24.8 Å². The molecule has 2 heterocycles. The molecule has 0 radical (unpaired) electrons. The predicted octanol–water partition coefficient (Wildman–Crippen LogP) is 2.25. The van der Waals surface area contributed by atoms with Crippen LogP contribution in [0.15, 0.2) is 34.9 Å². The third-order valence-electron chi connectivity index (χ3n) is 4.30. The summed E-state index contributed by atoms with van der Waals surface area (Å²) in [5.41, 5.74) is 1.17. The molecule has 22 heavy (non-hydrogen) atoms. The van der Waals surface area contributed by atoms with Gasteiger partial charge in [-0.05, 0) is 37.8 Å². The molecule has 5 nitrogen and oxygen atoms in total. The van der Waals surface area contributed by atoms with Crippen LogP contribution in [0.3, 0.4) is 0 Å². The highest BCUT2D eigenvalue weighted by Gasteiger charge is 2.24. The number of hydrogen-bond donors (Lipinski definition) is 1. The van der Waals surface area contributed by atoms with Crippen LogP contribution in [0.4, 0.5) is 0 Å². The van der Waals surface area contributed by atoms with Crippen molar-refractivity contribution >= 4 is 0 Å². The summed E-state index contributed by atoms with van der Waals surface area (Å²) in [6.07, 6.45) is 2.63. The molecule has 2 unspecified atom stereocenters. The summed E-state index contributed by atoms with van der Waals surface area (Å²) < 4.78 is 5.35. The summed E-state index contributed by atoms with van der Waals surface area (Å²) >= 11 is 0. The van der Waals surface area contributed by atoms with Gasteiger partial charge in [0.1, 0.15) is 0 Å². The van der Waals surface area contributed by atoms with Crippen LogP contribution in [0, 0.1) is 5.92 Å². The van der Waals surface area contributed by atoms with Crippen molar-refractivity contribution in [3.05, 3.63) is 47.6 Å². The van der Waals surface area contributed by atoms with Gasteiger partial charge in [0.2, 0.25) is 5.89 Å². The number of aliphatic hydroxyl groups excluding tert-OH is 1. The van der Waals surface area contributed by atoms with Crippen LogP contribution in [0.2, 0.25) is 0 Å². The van der Waals surface area contributed by atoms with Gasteiger partial charge in [-0.15, -0.1) is 0 Å². The highest BCUT2D eigenvalue weighted by atomic mass is 16.5. The van der Waals surface area contributed by atoms with Crippen LogP contribution in [0.1, 0.15) is 37.0 Å². The minimum absolute atomic E-state index is 0.248. The molecule has 1 aliphatic rings. The number of aromatic nitrogens is 2. The first-order chi connectivity index (χ1) is 10.7. The van der Waals surface area contributed by atoms with E-state index >= 15 is 0 Å². The van der Waals surface area contributed by atoms with Gasteiger partial charge in [-0.25, -0.2) is 0 Å². The summed E-state index contributed by atoms with van der Waals surface area (Å²) in [5, 5.41) is 13.8. The van der Waals surface area contributed by atoms with Crippen molar-refractivity contribution in [2.24, 2.45) is 5.92 Å². The molecular weight excluding hydrogens is 278 g/mol. The maximum Gasteiger partial charge on any atom is 0.231 e. The molecule has 3 rings (SSSR count). The summed E-state index contributed by atoms with van der Waals surface area (Å²) in [6, 6.07) is 10.1. The lowest BCUT2D eigenvalue weighted by Gasteiger charge is -2.33. The van der Waals surface area contributed by atoms with Crippen LogP contribution in [-0.4, -0.2) is 39.3 Å². The lowest BCUT2D eigenvalue weighted by atomic mass is 9.93. The Balaban J connectivity index is 1.57. The Morgan fingerprint density at radius 3 is 2.95 bits per heavy atom. The number of benzene rings is 1. The second-order valence-electron chi connectivity index (χ2n) is 6.14. The number of likely N-dealkylation sites (tertiary alicyclic amines) is 1. The monoisotopic (exact) mass is 301 g/mol. The lowest BCUT2D eigenvalue weighted by molar-refractivity contribution is 0.0586. The third-order valence-corrected chi connectivity index (χ3v) is 4.30. The average molecular weight is 301 g/mol. The van der Waals surface area contributed by atoms with Crippen molar-refractivity contribution in [3.8, 4) is 0 Å². The van der Waals surface area contributed by atoms with Gasteiger partial charge < -0.3 is 9.63 Å². The molecular formula is C17H23N3O2. The van der Waals surface area contributed by atoms with Crippen LogP contribution in [-0.2, 0) is 13.0 Å². The van der Waals surface area contributed by atoms with Gasteiger partial charge in [0.25, 0.3) is 0 Å². The van der Waals surface area contributed by atoms with Gasteiger partial charge in [-0.3, -0.25) is 4.90 Å². The van der Waals surface area contributed by atoms with Crippen LogP contribution < -0.4 is 0 Å². The number of rotatable bonds is 5. The molecule has 0 spiro atoms. The Kier molecular flexibility index (Phi) is 4.85. The Morgan fingerprint density at radius 1 is 1.36 bits per heavy atom. The molecule has 1 saturated heterocycles. The van der Waals surface area contributed by atoms with Crippen LogP contribution in [0.25, 0.3) is 0 Å². The Labute approximate surface area is 131 Å². The molecule has 5 heteroatoms. The molecule has 1 N–H and O–H groups in total. The highest BCUT2D eigenvalue weighted by molar-refractivity contribution is 5.17. The van der Waals surface area contributed by atoms with E-state index in [-0.39, 0.29) is 6.10 Å². The van der Waals surface area contributed by atoms with Crippen molar-refractivity contribution in [2.45, 2.75) is 38.8 Å². The third kappa shape index (κ3) is 3.93. The zero-order chi connectivity index (χ0) is 15.4. The van der Waals surface area contributed by atoms with E-state index in [1.54, 1.807) is 0 Å². The zero-order valence-electron chi connectivity index (χ0n) is 13.0. The van der Waals surface area contributed by atoms with E-state index in [1.165, 1.54) is 5.56 Å². The Hall–Kier alpha value is -1.72. The maximum atomic E-state index is 9.75. The van der Waals surface area contributed by atoms with Crippen molar-refractivity contribution in [1.82, 2.24) is 15.0 Å². The standard InChI is InChI=1S/C17H23N3O2/c1-13(21)15-8-5-9-20(11-15)12-16-18-17(22-19-16)10-14-6-3-2-4-7-14/h2-4,6-7,13,15,21H,5,8-12H2,1H3. The van der Waals surface area contributed by atoms with Gasteiger partial charge in [0, 0.05) is 6.54 Å². The molecule has 1 aromatic carbocycles. The van der Waals surface area contributed by atoms with Crippen molar-refractivity contribution < 1.29 is 9.63 Å². The number of piperidine rings is 1. The molecule has 0 saturated carbocycles. The molecule has 118 valence electrons. The van der Waals surface area contributed by atoms with Crippen molar-refractivity contribution in [1.29, 1.82) is 0 Å². The van der Waals surface area contributed by atoms with Crippen LogP contribution >= 0.6 is 0 Å². The second-order valence-corrected chi connectivity index (χ2v) is 6.14. The van der Waals surface area contributed by atoms with Gasteiger partial charge in [-0.1, -0.05) is 35.5 Å². The van der Waals surface area contributed by atoms with Crippen molar-refractivity contribution in [3.63, 3.8) is 0 Å². The first-order valence-corrected chi connectivity index (χ1v) is 7.96. The topological polar surface area (TPSA) is 62.4 Å². The predicted molar refractivity (Wildman–Crippen MR) is 83.2 cm³/mol. The van der Waals surface area contributed by atoms with E-state index in [0.717, 1.165) is 31.8 Å². The van der Waals surface area contributed by atoms with Gasteiger partial charge in [0.15, 0.2) is 5.82 Å². The number of aliphatic hydroxyl groups is 1. The fourth-order valence-electron chi connectivity index (χ4n) is 3.03. The minimum atomic E-state index is -0.248. The largest absolute Gasteiger partial charge is 0.393 e. The fraction of sp³-hybridized carbons (Fsp3) is 0.529. The van der Waals surface area contributed by atoms with E-state index < -0.39 is 0 Å². The zero-order valence-corrected chi connectivity index (χ0v) is 13.0. The molecule has 1 aromatic heterocycles. The Bertz CT molecular complexity index is 583. The van der Waals surface area contributed by atoms with Crippen molar-refractivity contribution in [2.75, 3.05) is 13.1 Å². The summed E-state index contributed by atoms with van der Waals surface area (Å²) in [6.45, 7) is 4.51. The van der Waals surface area contributed by atoms with Gasteiger partial charge in [0.05, 0.1) is 19.1 Å². The summed E-state index contributed by atoms with van der Waals surface area (Å²) in [7, 11) is 0. The number of nitrogens with zero attached hydrogens (tertiary/aromatic N) is 3. The SMILES string of the molecule is CC(O)C1CCCN(Cc2noc(Cc3ccccc3)n2)C1. The van der Waals surface area contributed by atoms with Gasteiger partial charge >= 0.3 is 0 Å². The first kappa shape index (κ1) is 15.2. The quantitative estimate of drug-likeness (QED) is 0.918. The fourth-order valence-corrected chi connectivity index (χ4v) is 3.03. The molecule has 0 bridgehead atoms. The van der Waals surface area contributed by atoms with Gasteiger partial charge in [-0.2, -0.15) is 4.98 Å². The minimum Gasteiger partial charge on any atom is -0.393 e. The molecule has 1 fully saturated rings. The summed E-state index contributed by atoms with van der Waals surface area (Å²) in [4.78, 5) is 6.79. The molecule has 2 aromatic rings. The van der Waals surface area contributed by atoms with E-state index in [1.807, 2.05) is 25.1 Å². The lowest BCUT2D eigenvalue weighted by Crippen LogP contribution is -2.39. The molecule has 1 aliphatic heterocycles. The normalized spacial score (nSPS) is 20.9. The molecule has 0 aliphatic carbocycles. The van der Waals surface area contributed by atoms with E-state index in [4.69, 9.17) is 4.52 Å². The maximum absolute atomic E-state index is 9.75. The molecule has 2 atom stereocenters. The highest BCUT2D eigenvalue weighted by Crippen LogP contribution is 2.20. The number of hydrogen-bond acceptors (Lipinski definition) is 5. The first-order valence-electron chi connectivity index (χ1n) is 7.96. The smallest absolute Gasteiger partial charge is 0.231 e.